The highest BCUT2D eigenvalue weighted by Crippen LogP contribution is 2.25. The Bertz CT molecular complexity index is 399. The van der Waals surface area contributed by atoms with E-state index in [1.807, 2.05) is 13.0 Å². The molecule has 0 aliphatic rings. The van der Waals surface area contributed by atoms with Crippen LogP contribution in [0.2, 0.25) is 0 Å². The van der Waals surface area contributed by atoms with Crippen LogP contribution < -0.4 is 5.32 Å². The maximum absolute atomic E-state index is 13.7. The summed E-state index contributed by atoms with van der Waals surface area (Å²) in [5.74, 6) is -0.317. The summed E-state index contributed by atoms with van der Waals surface area (Å²) < 4.78 is 18.5. The number of esters is 1. The van der Waals surface area contributed by atoms with E-state index in [0.717, 1.165) is 11.4 Å². The fourth-order valence-electron chi connectivity index (χ4n) is 1.43. The molecular formula is C13H18FNO2S. The van der Waals surface area contributed by atoms with Gasteiger partial charge in [-0.25, -0.2) is 4.39 Å². The first-order valence-electron chi connectivity index (χ1n) is 5.95. The van der Waals surface area contributed by atoms with Crippen molar-refractivity contribution in [1.82, 2.24) is 5.32 Å². The van der Waals surface area contributed by atoms with Crippen molar-refractivity contribution < 1.29 is 13.9 Å². The first-order chi connectivity index (χ1) is 8.69. The highest BCUT2D eigenvalue weighted by molar-refractivity contribution is 8.00. The van der Waals surface area contributed by atoms with E-state index in [4.69, 9.17) is 4.74 Å². The van der Waals surface area contributed by atoms with Gasteiger partial charge in [-0.05, 0) is 25.6 Å². The second-order valence-corrected chi connectivity index (χ2v) is 4.61. The van der Waals surface area contributed by atoms with E-state index in [-0.39, 0.29) is 17.5 Å². The highest BCUT2D eigenvalue weighted by Gasteiger charge is 2.10. The molecule has 0 saturated carbocycles. The molecule has 1 aromatic carbocycles. The minimum Gasteiger partial charge on any atom is -0.465 e. The van der Waals surface area contributed by atoms with Crippen molar-refractivity contribution in [3.63, 3.8) is 0 Å². The largest absolute Gasteiger partial charge is 0.465 e. The van der Waals surface area contributed by atoms with Crippen LogP contribution in [0.1, 0.15) is 19.4 Å². The maximum Gasteiger partial charge on any atom is 0.316 e. The molecule has 0 fully saturated rings. The zero-order chi connectivity index (χ0) is 13.4. The molecule has 0 heterocycles. The van der Waals surface area contributed by atoms with Crippen molar-refractivity contribution >= 4 is 17.7 Å². The third-order valence-corrected chi connectivity index (χ3v) is 3.35. The third kappa shape index (κ3) is 4.66. The average molecular weight is 271 g/mol. The Hall–Kier alpha value is -1.07. The van der Waals surface area contributed by atoms with Crippen LogP contribution in [0.5, 0.6) is 0 Å². The number of halogens is 1. The van der Waals surface area contributed by atoms with Gasteiger partial charge in [-0.15, -0.1) is 11.8 Å². The summed E-state index contributed by atoms with van der Waals surface area (Å²) in [5.41, 5.74) is 0.605. The number of ether oxygens (including phenoxy) is 1. The summed E-state index contributed by atoms with van der Waals surface area (Å²) in [7, 11) is 0. The third-order valence-electron chi connectivity index (χ3n) is 2.28. The van der Waals surface area contributed by atoms with Crippen LogP contribution in [0.25, 0.3) is 0 Å². The molecule has 1 aromatic rings. The lowest BCUT2D eigenvalue weighted by Gasteiger charge is -2.10. The van der Waals surface area contributed by atoms with Gasteiger partial charge in [-0.3, -0.25) is 4.79 Å². The molecule has 0 bridgehead atoms. The molecule has 0 aromatic heterocycles. The van der Waals surface area contributed by atoms with Crippen LogP contribution in [-0.2, 0) is 16.1 Å². The number of thioether (sulfide) groups is 1. The fourth-order valence-corrected chi connectivity index (χ4v) is 2.31. The van der Waals surface area contributed by atoms with Gasteiger partial charge >= 0.3 is 5.97 Å². The summed E-state index contributed by atoms with van der Waals surface area (Å²) in [4.78, 5) is 12.1. The molecule has 0 saturated heterocycles. The van der Waals surface area contributed by atoms with Crippen molar-refractivity contribution in [2.24, 2.45) is 0 Å². The van der Waals surface area contributed by atoms with Crippen LogP contribution >= 0.6 is 11.8 Å². The van der Waals surface area contributed by atoms with Gasteiger partial charge in [-0.2, -0.15) is 0 Å². The van der Waals surface area contributed by atoms with Crippen molar-refractivity contribution in [1.29, 1.82) is 0 Å². The summed E-state index contributed by atoms with van der Waals surface area (Å²) >= 11 is 1.31. The van der Waals surface area contributed by atoms with Crippen LogP contribution in [-0.4, -0.2) is 24.9 Å². The zero-order valence-corrected chi connectivity index (χ0v) is 11.5. The van der Waals surface area contributed by atoms with E-state index >= 15 is 0 Å². The van der Waals surface area contributed by atoms with Gasteiger partial charge in [0.1, 0.15) is 5.82 Å². The summed E-state index contributed by atoms with van der Waals surface area (Å²) in [6, 6.07) is 4.90. The fraction of sp³-hybridized carbons (Fsp3) is 0.462. The van der Waals surface area contributed by atoms with E-state index in [9.17, 15) is 9.18 Å². The lowest BCUT2D eigenvalue weighted by molar-refractivity contribution is -0.139. The number of rotatable bonds is 7. The van der Waals surface area contributed by atoms with Gasteiger partial charge in [0.2, 0.25) is 0 Å². The molecule has 0 amide bonds. The van der Waals surface area contributed by atoms with Crippen molar-refractivity contribution in [3.8, 4) is 0 Å². The van der Waals surface area contributed by atoms with Crippen LogP contribution in [0.15, 0.2) is 23.1 Å². The summed E-state index contributed by atoms with van der Waals surface area (Å²) in [5, 5.41) is 3.09. The maximum atomic E-state index is 13.7. The van der Waals surface area contributed by atoms with Gasteiger partial charge in [0, 0.05) is 17.0 Å². The van der Waals surface area contributed by atoms with Gasteiger partial charge in [0.05, 0.1) is 12.4 Å². The summed E-state index contributed by atoms with van der Waals surface area (Å²) in [6.07, 6.45) is 0. The normalized spacial score (nSPS) is 10.4. The Labute approximate surface area is 111 Å². The molecule has 0 atom stereocenters. The first-order valence-corrected chi connectivity index (χ1v) is 6.94. The number of nitrogens with one attached hydrogen (secondary N) is 1. The average Bonchev–Trinajstić information content (AvgIpc) is 2.35. The molecule has 3 nitrogen and oxygen atoms in total. The second kappa shape index (κ2) is 8.11. The molecule has 1 N–H and O–H groups in total. The quantitative estimate of drug-likeness (QED) is 0.611. The van der Waals surface area contributed by atoms with Gasteiger partial charge in [0.15, 0.2) is 0 Å². The molecule has 18 heavy (non-hydrogen) atoms. The zero-order valence-electron chi connectivity index (χ0n) is 10.7. The van der Waals surface area contributed by atoms with E-state index in [1.165, 1.54) is 17.8 Å². The topological polar surface area (TPSA) is 38.3 Å². The number of carbonyl (C=O) groups is 1. The Morgan fingerprint density at radius 3 is 2.89 bits per heavy atom. The van der Waals surface area contributed by atoms with Gasteiger partial charge < -0.3 is 10.1 Å². The predicted molar refractivity (Wildman–Crippen MR) is 71.1 cm³/mol. The number of hydrogen-bond acceptors (Lipinski definition) is 4. The standard InChI is InChI=1S/C13H18FNO2S/c1-3-15-8-10-11(14)6-5-7-12(10)18-9-13(16)17-4-2/h5-7,15H,3-4,8-9H2,1-2H3. The van der Waals surface area contributed by atoms with Gasteiger partial charge in [-0.1, -0.05) is 13.0 Å². The van der Waals surface area contributed by atoms with E-state index in [0.29, 0.717) is 18.7 Å². The van der Waals surface area contributed by atoms with E-state index in [1.54, 1.807) is 13.0 Å². The van der Waals surface area contributed by atoms with Crippen molar-refractivity contribution in [2.75, 3.05) is 18.9 Å². The molecule has 0 unspecified atom stereocenters. The molecule has 0 aliphatic carbocycles. The molecule has 1 rings (SSSR count). The monoisotopic (exact) mass is 271 g/mol. The van der Waals surface area contributed by atoms with Crippen LogP contribution in [0.3, 0.4) is 0 Å². The SMILES string of the molecule is CCNCc1c(F)cccc1SCC(=O)OCC. The van der Waals surface area contributed by atoms with Crippen LogP contribution in [0.4, 0.5) is 4.39 Å². The molecule has 5 heteroatoms. The first kappa shape index (κ1) is 15.0. The number of benzene rings is 1. The van der Waals surface area contributed by atoms with Gasteiger partial charge in [0.25, 0.3) is 0 Å². The molecule has 0 aliphatic heterocycles. The number of hydrogen-bond donors (Lipinski definition) is 1. The van der Waals surface area contributed by atoms with Crippen LogP contribution in [0, 0.1) is 5.82 Å². The minimum absolute atomic E-state index is 0.205. The van der Waals surface area contributed by atoms with E-state index in [2.05, 4.69) is 5.32 Å². The summed E-state index contributed by atoms with van der Waals surface area (Å²) in [6.45, 7) is 5.34. The lowest BCUT2D eigenvalue weighted by atomic mass is 10.2. The van der Waals surface area contributed by atoms with E-state index < -0.39 is 0 Å². The smallest absolute Gasteiger partial charge is 0.316 e. The number of carbonyl (C=O) groups excluding carboxylic acids is 1. The second-order valence-electron chi connectivity index (χ2n) is 3.59. The molecule has 0 spiro atoms. The Morgan fingerprint density at radius 2 is 2.22 bits per heavy atom. The van der Waals surface area contributed by atoms with Crippen molar-refractivity contribution in [2.45, 2.75) is 25.3 Å². The minimum atomic E-state index is -0.277. The molecular weight excluding hydrogens is 253 g/mol. The Balaban J connectivity index is 2.68. The highest BCUT2D eigenvalue weighted by atomic mass is 32.2. The Kier molecular flexibility index (Phi) is 6.75. The lowest BCUT2D eigenvalue weighted by Crippen LogP contribution is -2.14. The van der Waals surface area contributed by atoms with Crippen molar-refractivity contribution in [3.05, 3.63) is 29.6 Å². The molecule has 100 valence electrons. The predicted octanol–water partition coefficient (Wildman–Crippen LogP) is 2.59. The molecule has 0 radical (unpaired) electrons. The Morgan fingerprint density at radius 1 is 1.44 bits per heavy atom.